The molecule has 1 aromatic rings. The highest BCUT2D eigenvalue weighted by molar-refractivity contribution is 6.32. The number of hydrogen-bond acceptors (Lipinski definition) is 3. The Morgan fingerprint density at radius 2 is 2.16 bits per heavy atom. The van der Waals surface area contributed by atoms with Crippen LogP contribution in [0.4, 0.5) is 0 Å². The molecule has 19 heavy (non-hydrogen) atoms. The third-order valence-corrected chi connectivity index (χ3v) is 3.04. The molecule has 0 heterocycles. The van der Waals surface area contributed by atoms with Crippen LogP contribution in [-0.4, -0.2) is 30.8 Å². The largest absolute Gasteiger partial charge is 0.495 e. The van der Waals surface area contributed by atoms with Crippen molar-refractivity contribution in [1.82, 2.24) is 5.32 Å². The first-order valence-corrected chi connectivity index (χ1v) is 6.61. The van der Waals surface area contributed by atoms with Crippen LogP contribution >= 0.6 is 11.6 Å². The van der Waals surface area contributed by atoms with Crippen molar-refractivity contribution in [3.8, 4) is 5.75 Å². The Balaban J connectivity index is 2.77. The molecule has 0 aliphatic carbocycles. The van der Waals surface area contributed by atoms with Crippen LogP contribution in [-0.2, 0) is 0 Å². The van der Waals surface area contributed by atoms with Gasteiger partial charge in [0.2, 0.25) is 0 Å². The monoisotopic (exact) mass is 285 g/mol. The zero-order valence-electron chi connectivity index (χ0n) is 11.4. The van der Waals surface area contributed by atoms with Gasteiger partial charge in [-0.25, -0.2) is 0 Å². The summed E-state index contributed by atoms with van der Waals surface area (Å²) >= 11 is 5.91. The second kappa shape index (κ2) is 7.36. The fourth-order valence-corrected chi connectivity index (χ4v) is 2.01. The SMILES string of the molecule is COc1cc(C(=O)NC(CO)CC(C)C)ccc1Cl. The van der Waals surface area contributed by atoms with Crippen LogP contribution in [0.3, 0.4) is 0 Å². The summed E-state index contributed by atoms with van der Waals surface area (Å²) in [6.07, 6.45) is 0.729. The summed E-state index contributed by atoms with van der Waals surface area (Å²) in [5.74, 6) is 0.616. The van der Waals surface area contributed by atoms with Gasteiger partial charge in [0.25, 0.3) is 5.91 Å². The molecule has 0 aliphatic heterocycles. The average molecular weight is 286 g/mol. The molecule has 0 saturated heterocycles. The summed E-state index contributed by atoms with van der Waals surface area (Å²) in [4.78, 5) is 12.1. The number of hydrogen-bond donors (Lipinski definition) is 2. The van der Waals surface area contributed by atoms with Crippen molar-refractivity contribution in [2.24, 2.45) is 5.92 Å². The number of aliphatic hydroxyl groups is 1. The summed E-state index contributed by atoms with van der Waals surface area (Å²) in [7, 11) is 1.50. The van der Waals surface area contributed by atoms with E-state index >= 15 is 0 Å². The standard InChI is InChI=1S/C14H20ClNO3/c1-9(2)6-11(8-17)16-14(18)10-4-5-12(15)13(7-10)19-3/h4-5,7,9,11,17H,6,8H2,1-3H3,(H,16,18). The molecule has 106 valence electrons. The van der Waals surface area contributed by atoms with Crippen molar-refractivity contribution in [1.29, 1.82) is 0 Å². The first-order valence-electron chi connectivity index (χ1n) is 6.23. The fraction of sp³-hybridized carbons (Fsp3) is 0.500. The van der Waals surface area contributed by atoms with Gasteiger partial charge in [0.05, 0.1) is 24.8 Å². The Labute approximate surface area is 118 Å². The molecule has 0 bridgehead atoms. The summed E-state index contributed by atoms with van der Waals surface area (Å²) in [6, 6.07) is 4.59. The van der Waals surface area contributed by atoms with Gasteiger partial charge in [0.15, 0.2) is 0 Å². The van der Waals surface area contributed by atoms with Crippen molar-refractivity contribution >= 4 is 17.5 Å². The van der Waals surface area contributed by atoms with Gasteiger partial charge in [-0.1, -0.05) is 25.4 Å². The maximum Gasteiger partial charge on any atom is 0.251 e. The van der Waals surface area contributed by atoms with E-state index in [4.69, 9.17) is 16.3 Å². The zero-order chi connectivity index (χ0) is 14.4. The van der Waals surface area contributed by atoms with Gasteiger partial charge in [0, 0.05) is 5.56 Å². The molecule has 5 heteroatoms. The van der Waals surface area contributed by atoms with E-state index in [9.17, 15) is 9.90 Å². The molecule has 1 amide bonds. The summed E-state index contributed by atoms with van der Waals surface area (Å²) in [5.41, 5.74) is 0.462. The predicted molar refractivity (Wildman–Crippen MR) is 75.8 cm³/mol. The smallest absolute Gasteiger partial charge is 0.251 e. The number of rotatable bonds is 6. The Bertz CT molecular complexity index is 435. The molecule has 2 N–H and O–H groups in total. The number of ether oxygens (including phenoxy) is 1. The molecular formula is C14H20ClNO3. The second-order valence-electron chi connectivity index (χ2n) is 4.83. The van der Waals surface area contributed by atoms with Crippen molar-refractivity contribution in [3.05, 3.63) is 28.8 Å². The lowest BCUT2D eigenvalue weighted by atomic mass is 10.0. The van der Waals surface area contributed by atoms with E-state index in [0.29, 0.717) is 22.3 Å². The Hall–Kier alpha value is -1.26. The number of amides is 1. The quantitative estimate of drug-likeness (QED) is 0.844. The van der Waals surface area contributed by atoms with Crippen molar-refractivity contribution in [3.63, 3.8) is 0 Å². The molecule has 1 unspecified atom stereocenters. The maximum absolute atomic E-state index is 12.1. The van der Waals surface area contributed by atoms with Gasteiger partial charge in [-0.15, -0.1) is 0 Å². The minimum Gasteiger partial charge on any atom is -0.495 e. The van der Waals surface area contributed by atoms with Crippen molar-refractivity contribution in [2.75, 3.05) is 13.7 Å². The summed E-state index contributed by atoms with van der Waals surface area (Å²) < 4.78 is 5.07. The topological polar surface area (TPSA) is 58.6 Å². The first-order chi connectivity index (χ1) is 8.97. The second-order valence-corrected chi connectivity index (χ2v) is 5.24. The minimum absolute atomic E-state index is 0.0748. The number of methoxy groups -OCH3 is 1. The fourth-order valence-electron chi connectivity index (χ4n) is 1.82. The number of carbonyl (C=O) groups is 1. The van der Waals surface area contributed by atoms with E-state index in [2.05, 4.69) is 5.32 Å². The summed E-state index contributed by atoms with van der Waals surface area (Å²) in [5, 5.41) is 12.5. The highest BCUT2D eigenvalue weighted by Gasteiger charge is 2.15. The number of nitrogens with one attached hydrogen (secondary N) is 1. The Kier molecular flexibility index (Phi) is 6.12. The van der Waals surface area contributed by atoms with Gasteiger partial charge in [-0.05, 0) is 30.5 Å². The van der Waals surface area contributed by atoms with Gasteiger partial charge in [-0.3, -0.25) is 4.79 Å². The van der Waals surface area contributed by atoms with Crippen molar-refractivity contribution < 1.29 is 14.6 Å². The molecule has 1 aromatic carbocycles. The normalized spacial score (nSPS) is 12.3. The van der Waals surface area contributed by atoms with E-state index in [1.54, 1.807) is 18.2 Å². The number of benzene rings is 1. The van der Waals surface area contributed by atoms with E-state index < -0.39 is 0 Å². The third kappa shape index (κ3) is 4.73. The van der Waals surface area contributed by atoms with Crippen LogP contribution in [0.25, 0.3) is 0 Å². The van der Waals surface area contributed by atoms with Crippen LogP contribution in [0.1, 0.15) is 30.6 Å². The lowest BCUT2D eigenvalue weighted by molar-refractivity contribution is 0.0908. The number of aliphatic hydroxyl groups excluding tert-OH is 1. The summed E-state index contributed by atoms with van der Waals surface area (Å²) in [6.45, 7) is 4.01. The lowest BCUT2D eigenvalue weighted by Gasteiger charge is -2.18. The number of carbonyl (C=O) groups excluding carboxylic acids is 1. The minimum atomic E-state index is -0.242. The van der Waals surface area contributed by atoms with Gasteiger partial charge >= 0.3 is 0 Å². The van der Waals surface area contributed by atoms with Gasteiger partial charge in [-0.2, -0.15) is 0 Å². The highest BCUT2D eigenvalue weighted by atomic mass is 35.5. The van der Waals surface area contributed by atoms with Crippen LogP contribution < -0.4 is 10.1 Å². The lowest BCUT2D eigenvalue weighted by Crippen LogP contribution is -2.38. The molecule has 1 rings (SSSR count). The van der Waals surface area contributed by atoms with Crippen LogP contribution in [0, 0.1) is 5.92 Å². The van der Waals surface area contributed by atoms with Crippen LogP contribution in [0.5, 0.6) is 5.75 Å². The third-order valence-electron chi connectivity index (χ3n) is 2.72. The van der Waals surface area contributed by atoms with E-state index in [0.717, 1.165) is 6.42 Å². The van der Waals surface area contributed by atoms with E-state index in [1.165, 1.54) is 7.11 Å². The molecule has 0 radical (unpaired) electrons. The molecule has 4 nitrogen and oxygen atoms in total. The van der Waals surface area contributed by atoms with Crippen molar-refractivity contribution in [2.45, 2.75) is 26.3 Å². The van der Waals surface area contributed by atoms with Gasteiger partial charge in [0.1, 0.15) is 5.75 Å². The van der Waals surface area contributed by atoms with Crippen LogP contribution in [0.2, 0.25) is 5.02 Å². The van der Waals surface area contributed by atoms with E-state index in [1.807, 2.05) is 13.8 Å². The molecule has 0 aromatic heterocycles. The highest BCUT2D eigenvalue weighted by Crippen LogP contribution is 2.25. The van der Waals surface area contributed by atoms with E-state index in [-0.39, 0.29) is 18.6 Å². The molecule has 0 spiro atoms. The Morgan fingerprint density at radius 1 is 1.47 bits per heavy atom. The molecule has 1 atom stereocenters. The maximum atomic E-state index is 12.1. The number of halogens is 1. The molecule has 0 fully saturated rings. The molecule has 0 aliphatic rings. The van der Waals surface area contributed by atoms with Gasteiger partial charge < -0.3 is 15.2 Å². The average Bonchev–Trinajstić information content (AvgIpc) is 2.37. The zero-order valence-corrected chi connectivity index (χ0v) is 12.2. The first kappa shape index (κ1) is 15.8. The predicted octanol–water partition coefficient (Wildman–Crippen LogP) is 2.49. The molecule has 0 saturated carbocycles. The Morgan fingerprint density at radius 3 is 2.68 bits per heavy atom. The molecular weight excluding hydrogens is 266 g/mol. The van der Waals surface area contributed by atoms with Crippen LogP contribution in [0.15, 0.2) is 18.2 Å².